The fourth-order valence-corrected chi connectivity index (χ4v) is 1.97. The lowest BCUT2D eigenvalue weighted by Gasteiger charge is -2.25. The van der Waals surface area contributed by atoms with Crippen molar-refractivity contribution in [2.24, 2.45) is 5.92 Å². The van der Waals surface area contributed by atoms with Gasteiger partial charge in [-0.3, -0.25) is 0 Å². The maximum Gasteiger partial charge on any atom is 0.128 e. The third-order valence-electron chi connectivity index (χ3n) is 3.21. The van der Waals surface area contributed by atoms with E-state index in [2.05, 4.69) is 11.8 Å². The topological polar surface area (TPSA) is 29.3 Å². The Morgan fingerprint density at radius 1 is 1.44 bits per heavy atom. The van der Waals surface area contributed by atoms with Crippen LogP contribution in [0, 0.1) is 18.7 Å². The molecule has 2 N–H and O–H groups in total. The minimum atomic E-state index is -0.219. The summed E-state index contributed by atoms with van der Waals surface area (Å²) in [6.45, 7) is 5.86. The van der Waals surface area contributed by atoms with E-state index in [4.69, 9.17) is 5.73 Å². The minimum absolute atomic E-state index is 0.219. The zero-order valence-corrected chi connectivity index (χ0v) is 9.96. The summed E-state index contributed by atoms with van der Waals surface area (Å²) in [4.78, 5) is 2.25. The summed E-state index contributed by atoms with van der Waals surface area (Å²) in [5.74, 6) is 0.591. The number of aryl methyl sites for hydroxylation is 1. The molecule has 1 aliphatic rings. The first-order valence-electron chi connectivity index (χ1n) is 5.92. The van der Waals surface area contributed by atoms with Crippen LogP contribution in [-0.2, 0) is 0 Å². The molecule has 0 spiro atoms. The number of rotatable bonds is 4. The van der Waals surface area contributed by atoms with E-state index >= 15 is 0 Å². The molecule has 1 aromatic carbocycles. The molecule has 0 saturated heterocycles. The molecule has 0 radical (unpaired) electrons. The van der Waals surface area contributed by atoms with E-state index < -0.39 is 0 Å². The van der Waals surface area contributed by atoms with E-state index in [0.717, 1.165) is 24.7 Å². The highest BCUT2D eigenvalue weighted by molar-refractivity contribution is 5.68. The van der Waals surface area contributed by atoms with Crippen molar-refractivity contribution in [3.05, 3.63) is 23.5 Å². The summed E-state index contributed by atoms with van der Waals surface area (Å²) in [5, 5.41) is 0. The van der Waals surface area contributed by atoms with Crippen LogP contribution in [0.15, 0.2) is 12.1 Å². The van der Waals surface area contributed by atoms with E-state index in [1.807, 2.05) is 6.07 Å². The van der Waals surface area contributed by atoms with Crippen molar-refractivity contribution < 1.29 is 4.39 Å². The molecule has 0 atom stereocenters. The first-order chi connectivity index (χ1) is 7.61. The molecule has 1 saturated carbocycles. The van der Waals surface area contributed by atoms with Crippen molar-refractivity contribution in [1.29, 1.82) is 0 Å². The largest absolute Gasteiger partial charge is 0.397 e. The molecule has 1 aromatic rings. The second-order valence-electron chi connectivity index (χ2n) is 4.64. The molecule has 0 unspecified atom stereocenters. The van der Waals surface area contributed by atoms with Crippen LogP contribution in [-0.4, -0.2) is 13.1 Å². The SMILES string of the molecule is CCN(CC1CC1)c1cc(C)c(F)cc1N. The minimum Gasteiger partial charge on any atom is -0.397 e. The molecular formula is C13H19FN2. The number of halogens is 1. The first-order valence-corrected chi connectivity index (χ1v) is 5.92. The van der Waals surface area contributed by atoms with Gasteiger partial charge in [-0.2, -0.15) is 0 Å². The molecule has 3 heteroatoms. The molecule has 0 amide bonds. The van der Waals surface area contributed by atoms with Gasteiger partial charge >= 0.3 is 0 Å². The smallest absolute Gasteiger partial charge is 0.128 e. The van der Waals surface area contributed by atoms with Gasteiger partial charge in [-0.1, -0.05) is 0 Å². The molecule has 2 nitrogen and oxygen atoms in total. The number of anilines is 2. The highest BCUT2D eigenvalue weighted by Crippen LogP contribution is 2.33. The van der Waals surface area contributed by atoms with Crippen molar-refractivity contribution in [3.8, 4) is 0 Å². The lowest BCUT2D eigenvalue weighted by Crippen LogP contribution is -2.26. The Kier molecular flexibility index (Phi) is 3.03. The molecular weight excluding hydrogens is 203 g/mol. The Morgan fingerprint density at radius 3 is 2.69 bits per heavy atom. The van der Waals surface area contributed by atoms with E-state index in [1.54, 1.807) is 6.92 Å². The summed E-state index contributed by atoms with van der Waals surface area (Å²) in [5.41, 5.74) is 8.07. The summed E-state index contributed by atoms with van der Waals surface area (Å²) in [6, 6.07) is 3.29. The third-order valence-corrected chi connectivity index (χ3v) is 3.21. The molecule has 88 valence electrons. The monoisotopic (exact) mass is 222 g/mol. The Balaban J connectivity index is 2.25. The van der Waals surface area contributed by atoms with Crippen LogP contribution in [0.2, 0.25) is 0 Å². The number of hydrogen-bond acceptors (Lipinski definition) is 2. The summed E-state index contributed by atoms with van der Waals surface area (Å²) < 4.78 is 13.3. The normalized spacial score (nSPS) is 15.2. The molecule has 0 aliphatic heterocycles. The summed E-state index contributed by atoms with van der Waals surface area (Å²) in [7, 11) is 0. The van der Waals surface area contributed by atoms with E-state index in [9.17, 15) is 4.39 Å². The maximum absolute atomic E-state index is 13.3. The van der Waals surface area contributed by atoms with Crippen LogP contribution in [0.4, 0.5) is 15.8 Å². The maximum atomic E-state index is 13.3. The number of benzene rings is 1. The first kappa shape index (κ1) is 11.2. The molecule has 2 rings (SSSR count). The van der Waals surface area contributed by atoms with Crippen LogP contribution >= 0.6 is 0 Å². The average molecular weight is 222 g/mol. The summed E-state index contributed by atoms with van der Waals surface area (Å²) in [6.07, 6.45) is 2.63. The van der Waals surface area contributed by atoms with Gasteiger partial charge in [0.15, 0.2) is 0 Å². The highest BCUT2D eigenvalue weighted by atomic mass is 19.1. The van der Waals surface area contributed by atoms with E-state index in [0.29, 0.717) is 11.3 Å². The van der Waals surface area contributed by atoms with Crippen LogP contribution in [0.1, 0.15) is 25.3 Å². The number of hydrogen-bond donors (Lipinski definition) is 1. The van der Waals surface area contributed by atoms with Gasteiger partial charge in [0.2, 0.25) is 0 Å². The predicted molar refractivity (Wildman–Crippen MR) is 66.2 cm³/mol. The fraction of sp³-hybridized carbons (Fsp3) is 0.538. The third kappa shape index (κ3) is 2.29. The zero-order valence-electron chi connectivity index (χ0n) is 9.96. The molecule has 0 bridgehead atoms. The van der Waals surface area contributed by atoms with Gasteiger partial charge in [-0.05, 0) is 50.3 Å². The van der Waals surface area contributed by atoms with Gasteiger partial charge in [0, 0.05) is 13.1 Å². The van der Waals surface area contributed by atoms with Crippen molar-refractivity contribution >= 4 is 11.4 Å². The number of nitrogens with two attached hydrogens (primary N) is 1. The molecule has 1 aliphatic carbocycles. The van der Waals surface area contributed by atoms with E-state index in [-0.39, 0.29) is 5.82 Å². The zero-order chi connectivity index (χ0) is 11.7. The Bertz CT molecular complexity index is 386. The van der Waals surface area contributed by atoms with Crippen LogP contribution in [0.25, 0.3) is 0 Å². The van der Waals surface area contributed by atoms with Crippen LogP contribution < -0.4 is 10.6 Å². The van der Waals surface area contributed by atoms with Crippen molar-refractivity contribution in [3.63, 3.8) is 0 Å². The number of nitrogen functional groups attached to an aromatic ring is 1. The van der Waals surface area contributed by atoms with Crippen molar-refractivity contribution in [2.45, 2.75) is 26.7 Å². The van der Waals surface area contributed by atoms with Crippen molar-refractivity contribution in [2.75, 3.05) is 23.7 Å². The van der Waals surface area contributed by atoms with Crippen LogP contribution in [0.5, 0.6) is 0 Å². The van der Waals surface area contributed by atoms with Gasteiger partial charge in [0.25, 0.3) is 0 Å². The van der Waals surface area contributed by atoms with Gasteiger partial charge in [-0.25, -0.2) is 4.39 Å². The average Bonchev–Trinajstić information content (AvgIpc) is 3.04. The Morgan fingerprint density at radius 2 is 2.12 bits per heavy atom. The second-order valence-corrected chi connectivity index (χ2v) is 4.64. The summed E-state index contributed by atoms with van der Waals surface area (Å²) >= 11 is 0. The Hall–Kier alpha value is -1.25. The lowest BCUT2D eigenvalue weighted by molar-refractivity contribution is 0.618. The fourth-order valence-electron chi connectivity index (χ4n) is 1.97. The second kappa shape index (κ2) is 4.32. The molecule has 16 heavy (non-hydrogen) atoms. The molecule has 1 fully saturated rings. The molecule has 0 aromatic heterocycles. The van der Waals surface area contributed by atoms with Gasteiger partial charge < -0.3 is 10.6 Å². The van der Waals surface area contributed by atoms with Crippen LogP contribution in [0.3, 0.4) is 0 Å². The standard InChI is InChI=1S/C13H19FN2/c1-3-16(8-10-4-5-10)13-6-9(2)11(14)7-12(13)15/h6-7,10H,3-5,8,15H2,1-2H3. The molecule has 0 heterocycles. The Labute approximate surface area is 96.2 Å². The quantitative estimate of drug-likeness (QED) is 0.794. The lowest BCUT2D eigenvalue weighted by atomic mass is 10.1. The van der Waals surface area contributed by atoms with Gasteiger partial charge in [0.05, 0.1) is 11.4 Å². The number of nitrogens with zero attached hydrogens (tertiary/aromatic N) is 1. The predicted octanol–water partition coefficient (Wildman–Crippen LogP) is 2.95. The highest BCUT2D eigenvalue weighted by Gasteiger charge is 2.24. The van der Waals surface area contributed by atoms with E-state index in [1.165, 1.54) is 18.9 Å². The van der Waals surface area contributed by atoms with Gasteiger partial charge in [-0.15, -0.1) is 0 Å². The van der Waals surface area contributed by atoms with Gasteiger partial charge in [0.1, 0.15) is 5.82 Å². The van der Waals surface area contributed by atoms with Crippen molar-refractivity contribution in [1.82, 2.24) is 0 Å².